The Labute approximate surface area is 180 Å². The number of aryl methyl sites for hydroxylation is 2. The number of hydrogen-bond donors (Lipinski definition) is 0. The second kappa shape index (κ2) is 7.02. The smallest absolute Gasteiger partial charge is 0.0464 e. The maximum absolute atomic E-state index is 2.42. The van der Waals surface area contributed by atoms with E-state index in [0.717, 1.165) is 6.42 Å². The summed E-state index contributed by atoms with van der Waals surface area (Å²) in [6.07, 6.45) is 7.98. The van der Waals surface area contributed by atoms with Crippen LogP contribution in [0.15, 0.2) is 85.0 Å². The first-order chi connectivity index (χ1) is 14.4. The van der Waals surface area contributed by atoms with Gasteiger partial charge >= 0.3 is 0 Å². The molecule has 0 heterocycles. The van der Waals surface area contributed by atoms with Gasteiger partial charge in [0.15, 0.2) is 0 Å². The van der Waals surface area contributed by atoms with E-state index < -0.39 is 0 Å². The Bertz CT molecular complexity index is 1100. The molecule has 5 rings (SSSR count). The summed E-state index contributed by atoms with van der Waals surface area (Å²) < 4.78 is 0. The zero-order valence-electron chi connectivity index (χ0n) is 18.3. The molecular formula is C29H29N. The van der Waals surface area contributed by atoms with Crippen LogP contribution in [-0.2, 0) is 5.41 Å². The number of allylic oxidation sites excluding steroid dienone is 4. The van der Waals surface area contributed by atoms with E-state index in [1.807, 2.05) is 0 Å². The van der Waals surface area contributed by atoms with Crippen molar-refractivity contribution in [3.05, 3.63) is 107 Å². The number of rotatable bonds is 3. The van der Waals surface area contributed by atoms with Gasteiger partial charge in [0.2, 0.25) is 0 Å². The average Bonchev–Trinajstić information content (AvgIpc) is 2.98. The Morgan fingerprint density at radius 1 is 0.767 bits per heavy atom. The van der Waals surface area contributed by atoms with Gasteiger partial charge in [0.1, 0.15) is 0 Å². The molecule has 150 valence electrons. The van der Waals surface area contributed by atoms with Crippen molar-refractivity contribution < 1.29 is 0 Å². The number of hydrogen-bond acceptors (Lipinski definition) is 1. The lowest BCUT2D eigenvalue weighted by Gasteiger charge is -2.30. The zero-order chi connectivity index (χ0) is 20.9. The van der Waals surface area contributed by atoms with Gasteiger partial charge in [0.25, 0.3) is 0 Å². The molecule has 1 atom stereocenters. The maximum Gasteiger partial charge on any atom is 0.0464 e. The molecule has 0 aromatic heterocycles. The average molecular weight is 392 g/mol. The van der Waals surface area contributed by atoms with Crippen LogP contribution < -0.4 is 4.90 Å². The number of benzene rings is 3. The minimum atomic E-state index is 0.133. The molecular weight excluding hydrogens is 362 g/mol. The Balaban J connectivity index is 1.67. The summed E-state index contributed by atoms with van der Waals surface area (Å²) in [5.74, 6) is 0.569. The van der Waals surface area contributed by atoms with Crippen LogP contribution in [0.2, 0.25) is 0 Å². The first kappa shape index (κ1) is 18.9. The van der Waals surface area contributed by atoms with Crippen molar-refractivity contribution in [1.82, 2.24) is 0 Å². The summed E-state index contributed by atoms with van der Waals surface area (Å²) in [5, 5.41) is 0. The third-order valence-corrected chi connectivity index (χ3v) is 6.88. The van der Waals surface area contributed by atoms with Gasteiger partial charge in [-0.3, -0.25) is 0 Å². The van der Waals surface area contributed by atoms with Crippen LogP contribution >= 0.6 is 0 Å². The highest BCUT2D eigenvalue weighted by Gasteiger charge is 2.42. The number of fused-ring (bicyclic) bond motifs is 3. The topological polar surface area (TPSA) is 3.24 Å². The van der Waals surface area contributed by atoms with Crippen molar-refractivity contribution in [1.29, 1.82) is 0 Å². The van der Waals surface area contributed by atoms with E-state index in [9.17, 15) is 0 Å². The molecule has 0 aliphatic heterocycles. The second-order valence-corrected chi connectivity index (χ2v) is 9.30. The molecule has 1 unspecified atom stereocenters. The molecule has 3 aromatic carbocycles. The van der Waals surface area contributed by atoms with Crippen LogP contribution in [0.4, 0.5) is 17.1 Å². The van der Waals surface area contributed by atoms with Crippen molar-refractivity contribution in [3.8, 4) is 0 Å². The summed E-state index contributed by atoms with van der Waals surface area (Å²) in [4.78, 5) is 2.38. The molecule has 0 fully saturated rings. The molecule has 0 radical (unpaired) electrons. The largest absolute Gasteiger partial charge is 0.310 e. The lowest BCUT2D eigenvalue weighted by Crippen LogP contribution is -2.24. The summed E-state index contributed by atoms with van der Waals surface area (Å²) in [6, 6.07) is 24.7. The summed E-state index contributed by atoms with van der Waals surface area (Å²) in [7, 11) is 0. The first-order valence-electron chi connectivity index (χ1n) is 10.9. The fourth-order valence-corrected chi connectivity index (χ4v) is 5.07. The van der Waals surface area contributed by atoms with Gasteiger partial charge in [0, 0.05) is 17.1 Å². The van der Waals surface area contributed by atoms with Gasteiger partial charge in [-0.1, -0.05) is 73.5 Å². The molecule has 0 saturated heterocycles. The van der Waals surface area contributed by atoms with Crippen molar-refractivity contribution in [2.24, 2.45) is 5.92 Å². The highest BCUT2D eigenvalue weighted by atomic mass is 15.1. The van der Waals surface area contributed by atoms with E-state index in [2.05, 4.69) is 118 Å². The molecule has 0 bridgehead atoms. The van der Waals surface area contributed by atoms with Crippen LogP contribution in [0, 0.1) is 19.8 Å². The molecule has 30 heavy (non-hydrogen) atoms. The minimum Gasteiger partial charge on any atom is -0.310 e. The molecule has 0 amide bonds. The van der Waals surface area contributed by atoms with Gasteiger partial charge in [-0.2, -0.15) is 0 Å². The Morgan fingerprint density at radius 2 is 1.33 bits per heavy atom. The highest BCUT2D eigenvalue weighted by molar-refractivity contribution is 5.84. The van der Waals surface area contributed by atoms with Crippen LogP contribution in [0.3, 0.4) is 0 Å². The van der Waals surface area contributed by atoms with E-state index >= 15 is 0 Å². The van der Waals surface area contributed by atoms with Gasteiger partial charge in [-0.05, 0) is 84.7 Å². The van der Waals surface area contributed by atoms with E-state index in [4.69, 9.17) is 0 Å². The van der Waals surface area contributed by atoms with E-state index in [1.165, 1.54) is 44.9 Å². The second-order valence-electron chi connectivity index (χ2n) is 9.30. The molecule has 3 aromatic rings. The molecule has 2 aliphatic rings. The molecule has 0 N–H and O–H groups in total. The van der Waals surface area contributed by atoms with Crippen LogP contribution in [0.5, 0.6) is 0 Å². The summed E-state index contributed by atoms with van der Waals surface area (Å²) in [5.41, 5.74) is 10.7. The van der Waals surface area contributed by atoms with Crippen LogP contribution in [0.25, 0.3) is 5.57 Å². The first-order valence-corrected chi connectivity index (χ1v) is 10.9. The van der Waals surface area contributed by atoms with Crippen LogP contribution in [-0.4, -0.2) is 0 Å². The maximum atomic E-state index is 2.42. The predicted octanol–water partition coefficient (Wildman–Crippen LogP) is 8.02. The van der Waals surface area contributed by atoms with Crippen molar-refractivity contribution in [2.75, 3.05) is 4.90 Å². The zero-order valence-corrected chi connectivity index (χ0v) is 18.3. The Hall–Kier alpha value is -3.06. The third kappa shape index (κ3) is 3.01. The molecule has 0 saturated carbocycles. The van der Waals surface area contributed by atoms with Gasteiger partial charge in [-0.15, -0.1) is 0 Å². The molecule has 1 nitrogen and oxygen atoms in total. The van der Waals surface area contributed by atoms with Gasteiger partial charge in [0.05, 0.1) is 0 Å². The standard InChI is InChI=1S/C29H29N/c1-20-9-13-22(14-10-20)30(23-15-11-21(2)12-16-23)24-17-18-26-25-7-5-6-8-27(25)29(3,4)28(26)19-24/h5-7,9-19,27H,8H2,1-4H3. The number of nitrogens with zero attached hydrogens (tertiary/aromatic N) is 1. The minimum absolute atomic E-state index is 0.133. The quantitative estimate of drug-likeness (QED) is 0.437. The SMILES string of the molecule is Cc1ccc(N(c2ccc(C)cc2)c2ccc3c(c2)C(C)(C)C2CC=CC=C32)cc1. The lowest BCUT2D eigenvalue weighted by atomic mass is 9.75. The molecule has 0 spiro atoms. The normalized spacial score (nSPS) is 18.5. The van der Waals surface area contributed by atoms with E-state index in [0.29, 0.717) is 5.92 Å². The van der Waals surface area contributed by atoms with Crippen molar-refractivity contribution in [2.45, 2.75) is 39.5 Å². The molecule has 2 aliphatic carbocycles. The third-order valence-electron chi connectivity index (χ3n) is 6.88. The fraction of sp³-hybridized carbons (Fsp3) is 0.241. The lowest BCUT2D eigenvalue weighted by molar-refractivity contribution is 0.415. The Kier molecular flexibility index (Phi) is 4.43. The van der Waals surface area contributed by atoms with Gasteiger partial charge in [-0.25, -0.2) is 0 Å². The highest BCUT2D eigenvalue weighted by Crippen LogP contribution is 2.54. The summed E-state index contributed by atoms with van der Waals surface area (Å²) in [6.45, 7) is 9.09. The van der Waals surface area contributed by atoms with Crippen molar-refractivity contribution in [3.63, 3.8) is 0 Å². The molecule has 1 heteroatoms. The van der Waals surface area contributed by atoms with E-state index in [1.54, 1.807) is 0 Å². The Morgan fingerprint density at radius 3 is 1.93 bits per heavy atom. The fourth-order valence-electron chi connectivity index (χ4n) is 5.07. The van der Waals surface area contributed by atoms with Crippen LogP contribution in [0.1, 0.15) is 42.5 Å². The number of anilines is 3. The predicted molar refractivity (Wildman–Crippen MR) is 129 cm³/mol. The van der Waals surface area contributed by atoms with E-state index in [-0.39, 0.29) is 5.41 Å². The summed E-state index contributed by atoms with van der Waals surface area (Å²) >= 11 is 0. The monoisotopic (exact) mass is 391 g/mol. The van der Waals surface area contributed by atoms with Gasteiger partial charge < -0.3 is 4.90 Å². The van der Waals surface area contributed by atoms with Crippen molar-refractivity contribution >= 4 is 22.6 Å².